The summed E-state index contributed by atoms with van der Waals surface area (Å²) in [6.07, 6.45) is 1.69. The van der Waals surface area contributed by atoms with E-state index in [9.17, 15) is 4.79 Å². The molecule has 0 aliphatic rings. The van der Waals surface area contributed by atoms with Crippen LogP contribution >= 0.6 is 27.5 Å². The van der Waals surface area contributed by atoms with Gasteiger partial charge in [-0.2, -0.15) is 0 Å². The average molecular weight is 265 g/mol. The summed E-state index contributed by atoms with van der Waals surface area (Å²) in [5.41, 5.74) is 0.649. The number of nitrogens with zero attached hydrogens (tertiary/aromatic N) is 1. The fourth-order valence-electron chi connectivity index (χ4n) is 0.819. The first-order chi connectivity index (χ1) is 6.15. The molecule has 0 spiro atoms. The molecule has 0 atom stereocenters. The molecule has 0 N–H and O–H groups in total. The molecule has 0 aliphatic heterocycles. The number of hydrogen-bond acceptors (Lipinski definition) is 3. The van der Waals surface area contributed by atoms with Crippen molar-refractivity contribution in [1.29, 1.82) is 0 Å². The first-order valence-corrected chi connectivity index (χ1v) is 4.68. The number of hydrogen-bond donors (Lipinski definition) is 0. The van der Waals surface area contributed by atoms with E-state index >= 15 is 0 Å². The maximum atomic E-state index is 11.0. The Hall–Kier alpha value is -0.610. The van der Waals surface area contributed by atoms with Crippen LogP contribution in [0.1, 0.15) is 5.56 Å². The van der Waals surface area contributed by atoms with Crippen LogP contribution in [-0.2, 0) is 16.0 Å². The van der Waals surface area contributed by atoms with Gasteiger partial charge in [-0.3, -0.25) is 4.79 Å². The molecule has 0 unspecified atom stereocenters. The number of carbonyl (C=O) groups excluding carboxylic acids is 1. The lowest BCUT2D eigenvalue weighted by Crippen LogP contribution is -2.06. The zero-order chi connectivity index (χ0) is 9.84. The van der Waals surface area contributed by atoms with Crippen molar-refractivity contribution in [2.24, 2.45) is 0 Å². The largest absolute Gasteiger partial charge is 0.469 e. The molecule has 0 fully saturated rings. The highest BCUT2D eigenvalue weighted by atomic mass is 79.9. The molecule has 13 heavy (non-hydrogen) atoms. The Balaban J connectivity index is 2.93. The molecule has 5 heteroatoms. The third-order valence-electron chi connectivity index (χ3n) is 1.49. The van der Waals surface area contributed by atoms with Crippen LogP contribution in [0.15, 0.2) is 16.7 Å². The average Bonchev–Trinajstić information content (AvgIpc) is 2.11. The number of pyridine rings is 1. The number of rotatable bonds is 2. The van der Waals surface area contributed by atoms with Crippen molar-refractivity contribution in [3.05, 3.63) is 27.5 Å². The molecule has 0 aromatic carbocycles. The summed E-state index contributed by atoms with van der Waals surface area (Å²) >= 11 is 9.05. The molecule has 1 aromatic rings. The van der Waals surface area contributed by atoms with Crippen LogP contribution in [0.2, 0.25) is 5.15 Å². The van der Waals surface area contributed by atoms with Gasteiger partial charge in [-0.05, 0) is 6.07 Å². The third-order valence-corrected chi connectivity index (χ3v) is 2.56. The minimum absolute atomic E-state index is 0.129. The van der Waals surface area contributed by atoms with E-state index in [1.54, 1.807) is 12.3 Å². The zero-order valence-electron chi connectivity index (χ0n) is 6.88. The molecule has 1 heterocycles. The Kier molecular flexibility index (Phi) is 3.69. The predicted octanol–water partition coefficient (Wildman–Crippen LogP) is 2.21. The molecule has 1 aromatic heterocycles. The number of aromatic nitrogens is 1. The lowest BCUT2D eigenvalue weighted by atomic mass is 10.2. The zero-order valence-corrected chi connectivity index (χ0v) is 9.22. The van der Waals surface area contributed by atoms with Gasteiger partial charge in [0, 0.05) is 16.2 Å². The van der Waals surface area contributed by atoms with Gasteiger partial charge >= 0.3 is 5.97 Å². The molecular weight excluding hydrogens is 257 g/mol. The smallest absolute Gasteiger partial charge is 0.310 e. The number of methoxy groups -OCH3 is 1. The fourth-order valence-corrected chi connectivity index (χ4v) is 1.60. The summed E-state index contributed by atoms with van der Waals surface area (Å²) in [6.45, 7) is 0. The van der Waals surface area contributed by atoms with Gasteiger partial charge in [-0.25, -0.2) is 4.98 Å². The summed E-state index contributed by atoms with van der Waals surface area (Å²) in [5.74, 6) is -0.337. The number of carbonyl (C=O) groups is 1. The van der Waals surface area contributed by atoms with Gasteiger partial charge in [-0.1, -0.05) is 27.5 Å². The molecule has 0 radical (unpaired) electrons. The highest BCUT2D eigenvalue weighted by Crippen LogP contribution is 2.22. The normalized spacial score (nSPS) is 9.77. The summed E-state index contributed by atoms with van der Waals surface area (Å²) in [4.78, 5) is 14.8. The van der Waals surface area contributed by atoms with Gasteiger partial charge in [0.05, 0.1) is 13.5 Å². The lowest BCUT2D eigenvalue weighted by Gasteiger charge is -2.03. The summed E-state index contributed by atoms with van der Waals surface area (Å²) < 4.78 is 5.28. The van der Waals surface area contributed by atoms with Crippen LogP contribution in [0.3, 0.4) is 0 Å². The van der Waals surface area contributed by atoms with Crippen LogP contribution in [0.5, 0.6) is 0 Å². The maximum absolute atomic E-state index is 11.0. The molecule has 0 saturated carbocycles. The third kappa shape index (κ3) is 2.67. The quantitative estimate of drug-likeness (QED) is 0.607. The number of halogens is 2. The number of ether oxygens (including phenoxy) is 1. The summed E-state index contributed by atoms with van der Waals surface area (Å²) in [5, 5.41) is 0.319. The van der Waals surface area contributed by atoms with E-state index in [0.29, 0.717) is 10.7 Å². The van der Waals surface area contributed by atoms with E-state index in [4.69, 9.17) is 11.6 Å². The van der Waals surface area contributed by atoms with E-state index in [1.165, 1.54) is 7.11 Å². The predicted molar refractivity (Wildman–Crippen MR) is 52.7 cm³/mol. The Bertz CT molecular complexity index is 310. The summed E-state index contributed by atoms with van der Waals surface area (Å²) in [6, 6.07) is 1.73. The molecule has 0 bridgehead atoms. The van der Waals surface area contributed by atoms with Crippen LogP contribution in [-0.4, -0.2) is 18.1 Å². The van der Waals surface area contributed by atoms with Crippen molar-refractivity contribution >= 4 is 33.5 Å². The molecule has 0 aliphatic carbocycles. The highest BCUT2D eigenvalue weighted by Gasteiger charge is 2.10. The second-order valence-corrected chi connectivity index (χ2v) is 3.53. The minimum Gasteiger partial charge on any atom is -0.469 e. The van der Waals surface area contributed by atoms with Crippen LogP contribution < -0.4 is 0 Å². The fraction of sp³-hybridized carbons (Fsp3) is 0.250. The molecule has 3 nitrogen and oxygen atoms in total. The van der Waals surface area contributed by atoms with Crippen molar-refractivity contribution in [1.82, 2.24) is 4.98 Å². The van der Waals surface area contributed by atoms with E-state index in [-0.39, 0.29) is 12.4 Å². The van der Waals surface area contributed by atoms with Gasteiger partial charge in [0.1, 0.15) is 5.15 Å². The lowest BCUT2D eigenvalue weighted by molar-refractivity contribution is -0.139. The van der Waals surface area contributed by atoms with Gasteiger partial charge < -0.3 is 4.74 Å². The first-order valence-electron chi connectivity index (χ1n) is 3.51. The minimum atomic E-state index is -0.337. The number of esters is 1. The van der Waals surface area contributed by atoms with Crippen molar-refractivity contribution < 1.29 is 9.53 Å². The van der Waals surface area contributed by atoms with E-state index < -0.39 is 0 Å². The van der Waals surface area contributed by atoms with E-state index in [0.717, 1.165) is 4.47 Å². The second kappa shape index (κ2) is 4.58. The molecule has 70 valence electrons. The summed E-state index contributed by atoms with van der Waals surface area (Å²) in [7, 11) is 1.33. The molecular formula is C8H7BrClNO2. The van der Waals surface area contributed by atoms with Crippen LogP contribution in [0, 0.1) is 0 Å². The monoisotopic (exact) mass is 263 g/mol. The Morgan fingerprint density at radius 2 is 2.46 bits per heavy atom. The van der Waals surface area contributed by atoms with Crippen LogP contribution in [0.25, 0.3) is 0 Å². The van der Waals surface area contributed by atoms with Gasteiger partial charge in [0.15, 0.2) is 0 Å². The standard InChI is InChI=1S/C8H7BrClNO2/c1-13-7(12)4-5-6(9)2-3-11-8(5)10/h2-3H,4H2,1H3. The van der Waals surface area contributed by atoms with Crippen molar-refractivity contribution in [2.75, 3.05) is 7.11 Å². The highest BCUT2D eigenvalue weighted by molar-refractivity contribution is 9.10. The van der Waals surface area contributed by atoms with E-state index in [2.05, 4.69) is 25.7 Å². The SMILES string of the molecule is COC(=O)Cc1c(Br)ccnc1Cl. The topological polar surface area (TPSA) is 39.2 Å². The Morgan fingerprint density at radius 1 is 1.77 bits per heavy atom. The van der Waals surface area contributed by atoms with Gasteiger partial charge in [0.25, 0.3) is 0 Å². The maximum Gasteiger partial charge on any atom is 0.310 e. The first kappa shape index (κ1) is 10.5. The molecule has 0 amide bonds. The Morgan fingerprint density at radius 3 is 3.00 bits per heavy atom. The van der Waals surface area contributed by atoms with E-state index in [1.807, 2.05) is 0 Å². The van der Waals surface area contributed by atoms with Crippen molar-refractivity contribution in [3.8, 4) is 0 Å². The van der Waals surface area contributed by atoms with Gasteiger partial charge in [-0.15, -0.1) is 0 Å². The van der Waals surface area contributed by atoms with Crippen molar-refractivity contribution in [3.63, 3.8) is 0 Å². The second-order valence-electron chi connectivity index (χ2n) is 2.32. The van der Waals surface area contributed by atoms with Crippen molar-refractivity contribution in [2.45, 2.75) is 6.42 Å². The van der Waals surface area contributed by atoms with Gasteiger partial charge in [0.2, 0.25) is 0 Å². The molecule has 1 rings (SSSR count). The van der Waals surface area contributed by atoms with Crippen LogP contribution in [0.4, 0.5) is 0 Å². The Labute approximate surface area is 89.2 Å². The molecule has 0 saturated heterocycles.